The fourth-order valence-electron chi connectivity index (χ4n) is 1.86. The first-order valence-electron chi connectivity index (χ1n) is 5.22. The average Bonchev–Trinajstić information content (AvgIpc) is 2.30. The number of nitrogens with one attached hydrogen (secondary N) is 2. The predicted octanol–water partition coefficient (Wildman–Crippen LogP) is 0.395. The lowest BCUT2D eigenvalue weighted by Crippen LogP contribution is -2.27. The number of hydrogen-bond donors (Lipinski definition) is 2. The van der Waals surface area contributed by atoms with E-state index in [1.165, 1.54) is 0 Å². The quantitative estimate of drug-likeness (QED) is 0.665. The second kappa shape index (κ2) is 4.53. The summed E-state index contributed by atoms with van der Waals surface area (Å²) in [6.07, 6.45) is 5.80. The van der Waals surface area contributed by atoms with Crippen molar-refractivity contribution < 1.29 is 4.79 Å². The van der Waals surface area contributed by atoms with Gasteiger partial charge in [0.05, 0.1) is 0 Å². The maximum Gasteiger partial charge on any atom is 0.184 e. The molecule has 0 unspecified atom stereocenters. The van der Waals surface area contributed by atoms with Gasteiger partial charge in [0.2, 0.25) is 0 Å². The maximum absolute atomic E-state index is 12.0. The molecule has 14 heavy (non-hydrogen) atoms. The summed E-state index contributed by atoms with van der Waals surface area (Å²) >= 11 is 0. The molecule has 2 heterocycles. The predicted molar refractivity (Wildman–Crippen MR) is 56.1 cm³/mol. The Hall–Kier alpha value is -0.930. The highest BCUT2D eigenvalue weighted by molar-refractivity contribution is 6.08. The van der Waals surface area contributed by atoms with Crippen molar-refractivity contribution in [3.05, 3.63) is 23.3 Å². The lowest BCUT2D eigenvalue weighted by molar-refractivity contribution is -0.112. The first-order valence-corrected chi connectivity index (χ1v) is 5.22. The Morgan fingerprint density at radius 3 is 1.86 bits per heavy atom. The smallest absolute Gasteiger partial charge is 0.184 e. The highest BCUT2D eigenvalue weighted by atomic mass is 16.1. The van der Waals surface area contributed by atoms with Crippen molar-refractivity contribution in [2.24, 2.45) is 0 Å². The number of rotatable bonds is 2. The van der Waals surface area contributed by atoms with E-state index in [4.69, 9.17) is 0 Å². The number of ketones is 1. The van der Waals surface area contributed by atoms with Gasteiger partial charge in [-0.1, -0.05) is 12.2 Å². The molecule has 0 fully saturated rings. The molecule has 0 aromatic rings. The second-order valence-corrected chi connectivity index (χ2v) is 3.70. The molecule has 2 aliphatic rings. The first kappa shape index (κ1) is 9.62. The Kier molecular flexibility index (Phi) is 3.11. The molecule has 2 rings (SSSR count). The third kappa shape index (κ3) is 2.11. The van der Waals surface area contributed by atoms with E-state index >= 15 is 0 Å². The standard InChI is InChI=1S/C11H16N2O/c14-11(9-1-5-12-6-2-9)10-3-7-13-8-4-10/h1,3,12-13H,2,4-8H2. The maximum atomic E-state index is 12.0. The molecule has 0 aromatic heterocycles. The summed E-state index contributed by atoms with van der Waals surface area (Å²) in [5.74, 6) is 0.271. The van der Waals surface area contributed by atoms with Crippen molar-refractivity contribution in [1.82, 2.24) is 10.6 Å². The number of hydrogen-bond acceptors (Lipinski definition) is 3. The summed E-state index contributed by atoms with van der Waals surface area (Å²) < 4.78 is 0. The summed E-state index contributed by atoms with van der Waals surface area (Å²) in [6, 6.07) is 0. The highest BCUT2D eigenvalue weighted by Gasteiger charge is 2.17. The van der Waals surface area contributed by atoms with Crippen molar-refractivity contribution in [3.63, 3.8) is 0 Å². The minimum absolute atomic E-state index is 0.271. The van der Waals surface area contributed by atoms with E-state index in [0.29, 0.717) is 0 Å². The van der Waals surface area contributed by atoms with Gasteiger partial charge in [-0.2, -0.15) is 0 Å². The topological polar surface area (TPSA) is 41.1 Å². The third-order valence-electron chi connectivity index (χ3n) is 2.71. The van der Waals surface area contributed by atoms with E-state index in [9.17, 15) is 4.79 Å². The van der Waals surface area contributed by atoms with Gasteiger partial charge in [-0.15, -0.1) is 0 Å². The van der Waals surface area contributed by atoms with Gasteiger partial charge in [0.1, 0.15) is 0 Å². The molecule has 0 aliphatic carbocycles. The van der Waals surface area contributed by atoms with Crippen LogP contribution in [0, 0.1) is 0 Å². The fourth-order valence-corrected chi connectivity index (χ4v) is 1.86. The summed E-state index contributed by atoms with van der Waals surface area (Å²) in [7, 11) is 0. The van der Waals surface area contributed by atoms with E-state index in [-0.39, 0.29) is 5.78 Å². The largest absolute Gasteiger partial charge is 0.313 e. The molecule has 0 saturated carbocycles. The van der Waals surface area contributed by atoms with Crippen molar-refractivity contribution in [2.45, 2.75) is 12.8 Å². The third-order valence-corrected chi connectivity index (χ3v) is 2.71. The Balaban J connectivity index is 2.06. The summed E-state index contributed by atoms with van der Waals surface area (Å²) in [4.78, 5) is 12.0. The van der Waals surface area contributed by atoms with Crippen LogP contribution in [0.4, 0.5) is 0 Å². The lowest BCUT2D eigenvalue weighted by atomic mass is 9.95. The minimum atomic E-state index is 0.271. The normalized spacial score (nSPS) is 22.6. The van der Waals surface area contributed by atoms with E-state index in [1.54, 1.807) is 0 Å². The van der Waals surface area contributed by atoms with Gasteiger partial charge in [0, 0.05) is 13.1 Å². The molecule has 3 nitrogen and oxygen atoms in total. The van der Waals surface area contributed by atoms with Gasteiger partial charge >= 0.3 is 0 Å². The Morgan fingerprint density at radius 1 is 1.00 bits per heavy atom. The van der Waals surface area contributed by atoms with Crippen LogP contribution in [0.25, 0.3) is 0 Å². The molecule has 0 bridgehead atoms. The molecule has 0 aromatic carbocycles. The molecular formula is C11H16N2O. The van der Waals surface area contributed by atoms with Crippen LogP contribution in [-0.4, -0.2) is 32.0 Å². The zero-order valence-corrected chi connectivity index (χ0v) is 8.31. The van der Waals surface area contributed by atoms with Gasteiger partial charge in [0.25, 0.3) is 0 Å². The summed E-state index contributed by atoms with van der Waals surface area (Å²) in [5.41, 5.74) is 1.99. The van der Waals surface area contributed by atoms with E-state index in [2.05, 4.69) is 10.6 Å². The number of carbonyl (C=O) groups is 1. The van der Waals surface area contributed by atoms with Crippen molar-refractivity contribution in [2.75, 3.05) is 26.2 Å². The van der Waals surface area contributed by atoms with Crippen molar-refractivity contribution in [3.8, 4) is 0 Å². The van der Waals surface area contributed by atoms with Crippen LogP contribution in [0.1, 0.15) is 12.8 Å². The molecule has 0 atom stereocenters. The van der Waals surface area contributed by atoms with Crippen LogP contribution in [0.15, 0.2) is 23.3 Å². The van der Waals surface area contributed by atoms with Crippen LogP contribution in [-0.2, 0) is 4.79 Å². The van der Waals surface area contributed by atoms with Gasteiger partial charge in [-0.3, -0.25) is 4.79 Å². The van der Waals surface area contributed by atoms with E-state index in [1.807, 2.05) is 12.2 Å². The average molecular weight is 192 g/mol. The summed E-state index contributed by atoms with van der Waals surface area (Å²) in [5, 5.41) is 6.42. The number of Topliss-reactive ketones (excluding diaryl/α,β-unsaturated/α-hetero) is 1. The van der Waals surface area contributed by atoms with Crippen molar-refractivity contribution in [1.29, 1.82) is 0 Å². The van der Waals surface area contributed by atoms with E-state index in [0.717, 1.165) is 50.2 Å². The van der Waals surface area contributed by atoms with Gasteiger partial charge in [-0.25, -0.2) is 0 Å². The molecule has 0 spiro atoms. The van der Waals surface area contributed by atoms with E-state index < -0.39 is 0 Å². The molecule has 2 aliphatic heterocycles. The van der Waals surface area contributed by atoms with Crippen molar-refractivity contribution >= 4 is 5.78 Å². The molecule has 76 valence electrons. The highest BCUT2D eigenvalue weighted by Crippen LogP contribution is 2.15. The second-order valence-electron chi connectivity index (χ2n) is 3.70. The molecule has 0 saturated heterocycles. The Morgan fingerprint density at radius 2 is 1.50 bits per heavy atom. The van der Waals surface area contributed by atoms with Gasteiger partial charge in [-0.05, 0) is 37.1 Å². The Bertz CT molecular complexity index is 264. The first-order chi connectivity index (χ1) is 6.88. The minimum Gasteiger partial charge on any atom is -0.313 e. The lowest BCUT2D eigenvalue weighted by Gasteiger charge is -2.17. The monoisotopic (exact) mass is 192 g/mol. The van der Waals surface area contributed by atoms with Crippen LogP contribution < -0.4 is 10.6 Å². The van der Waals surface area contributed by atoms with Gasteiger partial charge in [0.15, 0.2) is 5.78 Å². The van der Waals surface area contributed by atoms with Gasteiger partial charge < -0.3 is 10.6 Å². The zero-order valence-electron chi connectivity index (χ0n) is 8.31. The summed E-state index contributed by atoms with van der Waals surface area (Å²) in [6.45, 7) is 3.55. The molecule has 0 amide bonds. The molecule has 0 radical (unpaired) electrons. The van der Waals surface area contributed by atoms with Crippen LogP contribution in [0.3, 0.4) is 0 Å². The molecule has 3 heteroatoms. The zero-order chi connectivity index (χ0) is 9.80. The molecule has 2 N–H and O–H groups in total. The Labute approximate surface area is 84.3 Å². The van der Waals surface area contributed by atoms with Crippen LogP contribution in [0.5, 0.6) is 0 Å². The SMILES string of the molecule is O=C(C1=CCNCC1)C1=CCNCC1. The fraction of sp³-hybridized carbons (Fsp3) is 0.545. The number of carbonyl (C=O) groups excluding carboxylic acids is 1. The molecular weight excluding hydrogens is 176 g/mol. The van der Waals surface area contributed by atoms with Crippen LogP contribution >= 0.6 is 0 Å². The van der Waals surface area contributed by atoms with Crippen LogP contribution in [0.2, 0.25) is 0 Å².